The zero-order valence-corrected chi connectivity index (χ0v) is 27.1. The largest absolute Gasteiger partial charge is 0.481 e. The second-order valence-corrected chi connectivity index (χ2v) is 12.6. The number of aliphatic carboxylic acids is 1. The van der Waals surface area contributed by atoms with Crippen molar-refractivity contribution in [2.45, 2.75) is 71.5 Å². The van der Waals surface area contributed by atoms with Crippen LogP contribution in [-0.2, 0) is 28.8 Å². The number of para-hydroxylation sites is 2. The van der Waals surface area contributed by atoms with Crippen LogP contribution in [0.5, 0.6) is 0 Å². The number of nitrogens with zero attached hydrogens (tertiary/aromatic N) is 4. The molecule has 47 heavy (non-hydrogen) atoms. The maximum Gasteiger partial charge on any atom is 0.312 e. The lowest BCUT2D eigenvalue weighted by Crippen LogP contribution is -2.57. The average Bonchev–Trinajstić information content (AvgIpc) is 3.69. The summed E-state index contributed by atoms with van der Waals surface area (Å²) in [5.41, 5.74) is 0.973. The summed E-state index contributed by atoms with van der Waals surface area (Å²) in [6.45, 7) is 7.97. The number of ketones is 1. The van der Waals surface area contributed by atoms with Crippen molar-refractivity contribution in [3.05, 3.63) is 30.2 Å². The van der Waals surface area contributed by atoms with E-state index in [9.17, 15) is 33.6 Å². The van der Waals surface area contributed by atoms with E-state index in [4.69, 9.17) is 9.52 Å². The SMILES string of the molecule is CC(C)[C@H](NC(=O)[C@@H]1CCCN1C(=O)[C@@H](NC(=O)CC(=O)N1CCN(C(=O)CC(=O)O)CC1)C(C)C)C(=O)c1nc2ccccc2o1. The van der Waals surface area contributed by atoms with Crippen LogP contribution in [0.4, 0.5) is 0 Å². The number of oxazole rings is 1. The lowest BCUT2D eigenvalue weighted by atomic mass is 9.98. The van der Waals surface area contributed by atoms with E-state index in [0.717, 1.165) is 0 Å². The zero-order valence-electron chi connectivity index (χ0n) is 27.1. The van der Waals surface area contributed by atoms with Crippen molar-refractivity contribution in [2.24, 2.45) is 11.8 Å². The minimum atomic E-state index is -1.23. The lowest BCUT2D eigenvalue weighted by Gasteiger charge is -2.35. The van der Waals surface area contributed by atoms with Crippen molar-refractivity contribution in [1.82, 2.24) is 30.3 Å². The molecule has 15 nitrogen and oxygen atoms in total. The summed E-state index contributed by atoms with van der Waals surface area (Å²) < 4.78 is 5.64. The number of rotatable bonds is 12. The van der Waals surface area contributed by atoms with Gasteiger partial charge in [-0.2, -0.15) is 0 Å². The predicted molar refractivity (Wildman–Crippen MR) is 167 cm³/mol. The zero-order chi connectivity index (χ0) is 34.4. The first-order valence-electron chi connectivity index (χ1n) is 15.8. The Bertz CT molecular complexity index is 1490. The van der Waals surface area contributed by atoms with Gasteiger partial charge >= 0.3 is 5.97 Å². The maximum absolute atomic E-state index is 13.7. The number of carbonyl (C=O) groups excluding carboxylic acids is 6. The normalized spacial score (nSPS) is 17.9. The second kappa shape index (κ2) is 15.2. The molecule has 2 aliphatic heterocycles. The Labute approximate surface area is 272 Å². The molecule has 2 saturated heterocycles. The lowest BCUT2D eigenvalue weighted by molar-refractivity contribution is -0.148. The number of carboxylic acid groups (broad SMARTS) is 1. The van der Waals surface area contributed by atoms with E-state index in [1.165, 1.54) is 14.7 Å². The fourth-order valence-electron chi connectivity index (χ4n) is 5.81. The van der Waals surface area contributed by atoms with Crippen LogP contribution in [0.15, 0.2) is 28.7 Å². The van der Waals surface area contributed by atoms with Crippen LogP contribution in [0, 0.1) is 11.8 Å². The molecule has 0 unspecified atom stereocenters. The van der Waals surface area contributed by atoms with E-state index in [2.05, 4.69) is 15.6 Å². The third-order valence-corrected chi connectivity index (χ3v) is 8.44. The van der Waals surface area contributed by atoms with E-state index in [1.54, 1.807) is 52.0 Å². The molecule has 3 heterocycles. The highest BCUT2D eigenvalue weighted by atomic mass is 16.4. The van der Waals surface area contributed by atoms with E-state index < -0.39 is 72.3 Å². The average molecular weight is 655 g/mol. The number of hydrogen-bond acceptors (Lipinski definition) is 9. The Morgan fingerprint density at radius 3 is 2.02 bits per heavy atom. The monoisotopic (exact) mass is 654 g/mol. The van der Waals surface area contributed by atoms with Gasteiger partial charge in [-0.05, 0) is 36.8 Å². The number of amides is 5. The molecule has 0 aliphatic carbocycles. The van der Waals surface area contributed by atoms with Crippen molar-refractivity contribution in [3.8, 4) is 0 Å². The Hall–Kier alpha value is -4.82. The van der Waals surface area contributed by atoms with Gasteiger partial charge < -0.3 is 34.9 Å². The highest BCUT2D eigenvalue weighted by molar-refractivity contribution is 6.02. The molecule has 0 radical (unpaired) electrons. The third-order valence-electron chi connectivity index (χ3n) is 8.44. The summed E-state index contributed by atoms with van der Waals surface area (Å²) in [6.07, 6.45) is -0.223. The predicted octanol–water partition coefficient (Wildman–Crippen LogP) is 0.819. The maximum atomic E-state index is 13.7. The number of carboxylic acids is 1. The van der Waals surface area contributed by atoms with Crippen molar-refractivity contribution in [1.29, 1.82) is 0 Å². The van der Waals surface area contributed by atoms with Gasteiger partial charge in [-0.3, -0.25) is 33.6 Å². The van der Waals surface area contributed by atoms with E-state index in [0.29, 0.717) is 23.9 Å². The van der Waals surface area contributed by atoms with E-state index in [-0.39, 0.29) is 50.5 Å². The van der Waals surface area contributed by atoms with Crippen LogP contribution >= 0.6 is 0 Å². The van der Waals surface area contributed by atoms with Gasteiger partial charge in [0.25, 0.3) is 5.89 Å². The summed E-state index contributed by atoms with van der Waals surface area (Å²) in [4.78, 5) is 97.7. The van der Waals surface area contributed by atoms with Crippen LogP contribution in [-0.4, -0.2) is 117 Å². The topological polar surface area (TPSA) is 200 Å². The smallest absolute Gasteiger partial charge is 0.312 e. The molecule has 5 amide bonds. The number of benzene rings is 1. The van der Waals surface area contributed by atoms with Gasteiger partial charge in [0.1, 0.15) is 30.4 Å². The minimum Gasteiger partial charge on any atom is -0.481 e. The van der Waals surface area contributed by atoms with Crippen molar-refractivity contribution < 1.29 is 43.1 Å². The minimum absolute atomic E-state index is 0.116. The molecule has 2 aliphatic rings. The standard InChI is InChI=1S/C32H42N6O9/c1-18(2)27(29(44)31-33-20-8-5-6-10-22(20)47-31)35-30(45)21-9-7-11-38(21)32(46)28(19(3)4)34-23(39)16-24(40)36-12-14-37(15-13-36)25(41)17-26(42)43/h5-6,8,10,18-19,21,27-28H,7,9,11-17H2,1-4H3,(H,34,39)(H,35,45)(H,42,43)/t21-,27-,28-/m0/s1. The highest BCUT2D eigenvalue weighted by Crippen LogP contribution is 2.23. The molecule has 4 rings (SSSR count). The van der Waals surface area contributed by atoms with Gasteiger partial charge in [0.05, 0.1) is 6.04 Å². The molecule has 254 valence electrons. The van der Waals surface area contributed by atoms with Gasteiger partial charge in [-0.15, -0.1) is 0 Å². The van der Waals surface area contributed by atoms with Gasteiger partial charge in [0.15, 0.2) is 5.58 Å². The summed E-state index contributed by atoms with van der Waals surface area (Å²) in [5.74, 6) is -5.13. The van der Waals surface area contributed by atoms with Gasteiger partial charge in [-0.1, -0.05) is 39.8 Å². The van der Waals surface area contributed by atoms with Crippen molar-refractivity contribution in [2.75, 3.05) is 32.7 Å². The summed E-state index contributed by atoms with van der Waals surface area (Å²) in [5, 5.41) is 14.3. The molecule has 2 fully saturated rings. The first kappa shape index (κ1) is 35.0. The first-order chi connectivity index (χ1) is 22.3. The highest BCUT2D eigenvalue weighted by Gasteiger charge is 2.41. The molecule has 3 atom stereocenters. The van der Waals surface area contributed by atoms with E-state index >= 15 is 0 Å². The number of aromatic nitrogens is 1. The molecule has 1 aromatic heterocycles. The number of fused-ring (bicyclic) bond motifs is 1. The van der Waals surface area contributed by atoms with E-state index in [1.807, 2.05) is 0 Å². The third kappa shape index (κ3) is 8.51. The van der Waals surface area contributed by atoms with Crippen LogP contribution < -0.4 is 10.6 Å². The fraction of sp³-hybridized carbons (Fsp3) is 0.562. The van der Waals surface area contributed by atoms with Crippen LogP contribution in [0.3, 0.4) is 0 Å². The Kier molecular flexibility index (Phi) is 11.3. The molecule has 15 heteroatoms. The Morgan fingerprint density at radius 2 is 1.45 bits per heavy atom. The van der Waals surface area contributed by atoms with Crippen molar-refractivity contribution in [3.63, 3.8) is 0 Å². The number of hydrogen-bond donors (Lipinski definition) is 3. The van der Waals surface area contributed by atoms with Crippen LogP contribution in [0.25, 0.3) is 11.1 Å². The molecular formula is C32H42N6O9. The Balaban J connectivity index is 1.35. The fourth-order valence-corrected chi connectivity index (χ4v) is 5.81. The van der Waals surface area contributed by atoms with Gasteiger partial charge in [0.2, 0.25) is 35.3 Å². The first-order valence-corrected chi connectivity index (χ1v) is 15.8. The Morgan fingerprint density at radius 1 is 0.851 bits per heavy atom. The number of nitrogens with one attached hydrogen (secondary N) is 2. The molecule has 1 aromatic carbocycles. The molecular weight excluding hydrogens is 612 g/mol. The van der Waals surface area contributed by atoms with Crippen LogP contribution in [0.2, 0.25) is 0 Å². The molecule has 2 aromatic rings. The van der Waals surface area contributed by atoms with Crippen LogP contribution in [0.1, 0.15) is 64.1 Å². The molecule has 0 spiro atoms. The van der Waals surface area contributed by atoms with Gasteiger partial charge in [0, 0.05) is 32.7 Å². The molecule has 0 bridgehead atoms. The summed E-state index contributed by atoms with van der Waals surface area (Å²) in [7, 11) is 0. The number of Topliss-reactive ketones (excluding diaryl/α,β-unsaturated/α-hetero) is 1. The number of carbonyl (C=O) groups is 7. The number of piperazine rings is 1. The van der Waals surface area contributed by atoms with Crippen molar-refractivity contribution >= 4 is 52.4 Å². The molecule has 3 N–H and O–H groups in total. The van der Waals surface area contributed by atoms with Gasteiger partial charge in [-0.25, -0.2) is 4.98 Å². The molecule has 0 saturated carbocycles. The summed E-state index contributed by atoms with van der Waals surface area (Å²) in [6, 6.07) is 4.14. The summed E-state index contributed by atoms with van der Waals surface area (Å²) >= 11 is 0. The second-order valence-electron chi connectivity index (χ2n) is 12.6. The number of likely N-dealkylation sites (tertiary alicyclic amines) is 1. The quantitative estimate of drug-likeness (QED) is 0.217.